The van der Waals surface area contributed by atoms with Crippen molar-refractivity contribution in [1.29, 1.82) is 0 Å². The molecular weight excluding hydrogens is 561 g/mol. The Balaban J connectivity index is 1.66. The van der Waals surface area contributed by atoms with E-state index in [2.05, 4.69) is 36.4 Å². The highest BCUT2D eigenvalue weighted by atomic mass is 35.5. The third-order valence-corrected chi connectivity index (χ3v) is 8.61. The van der Waals surface area contributed by atoms with E-state index in [-0.39, 0.29) is 39.1 Å². The van der Waals surface area contributed by atoms with Crippen LogP contribution in [-0.2, 0) is 19.7 Å². The topological polar surface area (TPSA) is 107 Å². The Labute approximate surface area is 249 Å². The molecule has 2 N–H and O–H groups in total. The molecule has 2 aromatic carbocycles. The molecule has 1 fully saturated rings. The van der Waals surface area contributed by atoms with E-state index in [9.17, 15) is 14.4 Å². The fourth-order valence-electron chi connectivity index (χ4n) is 6.83. The second-order valence-electron chi connectivity index (χ2n) is 12.0. The van der Waals surface area contributed by atoms with Crippen LogP contribution in [0.5, 0.6) is 5.75 Å². The van der Waals surface area contributed by atoms with Gasteiger partial charge in [0.15, 0.2) is 0 Å². The molecule has 1 saturated carbocycles. The number of hydrogen-bond acceptors (Lipinski definition) is 6. The van der Waals surface area contributed by atoms with E-state index in [4.69, 9.17) is 21.1 Å². The summed E-state index contributed by atoms with van der Waals surface area (Å²) in [5, 5.41) is 5.77. The number of nitrogens with zero attached hydrogens (tertiary/aromatic N) is 1. The van der Waals surface area contributed by atoms with Crippen molar-refractivity contribution in [2.24, 2.45) is 17.3 Å². The number of pyridine rings is 1. The Bertz CT molecular complexity index is 1570. The lowest BCUT2D eigenvalue weighted by atomic mass is 9.62. The van der Waals surface area contributed by atoms with Crippen LogP contribution in [0.15, 0.2) is 54.7 Å². The molecule has 1 aliphatic carbocycles. The summed E-state index contributed by atoms with van der Waals surface area (Å²) in [6.07, 6.45) is 2.51. The standard InChI is InChI=1S/C32H33ClFN3O5/c1-31(2,3)16-17-14-21(28(38)36-18-11-12-19(29(39)42-5)24(15-18)41-4)25(20-8-6-10-23(33)26(20)34)32(17)22-9-7-13-35-27(22)37-30(32)40/h6-13,15,17,21,25H,14,16H2,1-5H3,(H,36,38)(H,35,37,40)/t17-,21+,25-,32-/m0/s1. The van der Waals surface area contributed by atoms with E-state index in [0.29, 0.717) is 29.9 Å². The van der Waals surface area contributed by atoms with Gasteiger partial charge in [-0.15, -0.1) is 0 Å². The number of fused-ring (bicyclic) bond motifs is 2. The zero-order valence-electron chi connectivity index (χ0n) is 24.1. The first kappa shape index (κ1) is 29.5. The number of ether oxygens (including phenoxy) is 2. The zero-order chi connectivity index (χ0) is 30.4. The molecule has 5 rings (SSSR count). The second kappa shape index (κ2) is 11.0. The molecule has 2 aliphatic rings. The van der Waals surface area contributed by atoms with E-state index < -0.39 is 34.9 Å². The number of methoxy groups -OCH3 is 2. The van der Waals surface area contributed by atoms with Crippen LogP contribution in [0.25, 0.3) is 0 Å². The summed E-state index contributed by atoms with van der Waals surface area (Å²) in [6, 6.07) is 12.9. The predicted molar refractivity (Wildman–Crippen MR) is 157 cm³/mol. The maximum atomic E-state index is 15.9. The molecule has 8 nitrogen and oxygen atoms in total. The highest BCUT2D eigenvalue weighted by Gasteiger charge is 2.66. The maximum absolute atomic E-state index is 15.9. The molecule has 220 valence electrons. The fourth-order valence-corrected chi connectivity index (χ4v) is 7.01. The number of aromatic nitrogens is 1. The van der Waals surface area contributed by atoms with Gasteiger partial charge >= 0.3 is 5.97 Å². The first-order valence-corrected chi connectivity index (χ1v) is 14.1. The summed E-state index contributed by atoms with van der Waals surface area (Å²) in [5.74, 6) is -3.33. The monoisotopic (exact) mass is 593 g/mol. The van der Waals surface area contributed by atoms with E-state index in [1.165, 1.54) is 32.4 Å². The molecule has 0 unspecified atom stereocenters. The van der Waals surface area contributed by atoms with Gasteiger partial charge in [0.25, 0.3) is 0 Å². The Hall–Kier alpha value is -3.98. The van der Waals surface area contributed by atoms with Gasteiger partial charge in [-0.1, -0.05) is 50.6 Å². The quantitative estimate of drug-likeness (QED) is 0.322. The lowest BCUT2D eigenvalue weighted by Gasteiger charge is -2.38. The highest BCUT2D eigenvalue weighted by molar-refractivity contribution is 6.30. The first-order valence-electron chi connectivity index (χ1n) is 13.7. The Morgan fingerprint density at radius 3 is 2.62 bits per heavy atom. The van der Waals surface area contributed by atoms with Gasteiger partial charge in [-0.25, -0.2) is 14.2 Å². The average Bonchev–Trinajstić information content (AvgIpc) is 3.43. The Morgan fingerprint density at radius 2 is 1.93 bits per heavy atom. The van der Waals surface area contributed by atoms with Gasteiger partial charge in [0.05, 0.1) is 24.7 Å². The van der Waals surface area contributed by atoms with Gasteiger partial charge in [-0.3, -0.25) is 9.59 Å². The Morgan fingerprint density at radius 1 is 1.17 bits per heavy atom. The number of carbonyl (C=O) groups excluding carboxylic acids is 3. The summed E-state index contributed by atoms with van der Waals surface area (Å²) in [4.78, 5) is 44.9. The predicted octanol–water partition coefficient (Wildman–Crippen LogP) is 6.35. The molecule has 0 saturated heterocycles. The van der Waals surface area contributed by atoms with Crippen LogP contribution in [0.1, 0.15) is 61.0 Å². The Kier molecular flexibility index (Phi) is 7.74. The normalized spacial score (nSPS) is 22.9. The van der Waals surface area contributed by atoms with E-state index >= 15 is 4.39 Å². The van der Waals surface area contributed by atoms with Crippen LogP contribution in [0, 0.1) is 23.1 Å². The SMILES string of the molecule is COC(=O)c1ccc(NC(=O)[C@@H]2C[C@@H](CC(C)(C)C)[C@@]3(C(=O)Nc4ncccc43)[C@H]2c2cccc(Cl)c2F)cc1OC. The van der Waals surface area contributed by atoms with E-state index in [1.807, 2.05) is 6.07 Å². The third kappa shape index (κ3) is 4.89. The largest absolute Gasteiger partial charge is 0.496 e. The van der Waals surface area contributed by atoms with Crippen molar-refractivity contribution in [1.82, 2.24) is 4.98 Å². The molecule has 3 aromatic rings. The van der Waals surface area contributed by atoms with Crippen molar-refractivity contribution in [3.63, 3.8) is 0 Å². The molecule has 42 heavy (non-hydrogen) atoms. The number of esters is 1. The minimum Gasteiger partial charge on any atom is -0.496 e. The van der Waals surface area contributed by atoms with Gasteiger partial charge in [0.2, 0.25) is 11.8 Å². The smallest absolute Gasteiger partial charge is 0.341 e. The summed E-state index contributed by atoms with van der Waals surface area (Å²) in [6.45, 7) is 6.24. The molecule has 0 radical (unpaired) electrons. The highest BCUT2D eigenvalue weighted by Crippen LogP contribution is 2.63. The molecular formula is C32H33ClFN3O5. The molecule has 10 heteroatoms. The lowest BCUT2D eigenvalue weighted by Crippen LogP contribution is -2.45. The minimum absolute atomic E-state index is 0.0889. The number of nitrogens with one attached hydrogen (secondary N) is 2. The summed E-state index contributed by atoms with van der Waals surface area (Å²) in [5.41, 5.74) is -0.0492. The second-order valence-corrected chi connectivity index (χ2v) is 12.5. The number of hydrogen-bond donors (Lipinski definition) is 2. The van der Waals surface area contributed by atoms with Crippen LogP contribution in [0.4, 0.5) is 15.9 Å². The number of rotatable bonds is 6. The van der Waals surface area contributed by atoms with E-state index in [0.717, 1.165) is 0 Å². The van der Waals surface area contributed by atoms with Gasteiger partial charge < -0.3 is 20.1 Å². The van der Waals surface area contributed by atoms with Gasteiger partial charge in [-0.2, -0.15) is 0 Å². The van der Waals surface area contributed by atoms with Crippen LogP contribution in [0.3, 0.4) is 0 Å². The van der Waals surface area contributed by atoms with Crippen LogP contribution >= 0.6 is 11.6 Å². The molecule has 2 heterocycles. The van der Waals surface area contributed by atoms with Crippen molar-refractivity contribution in [2.75, 3.05) is 24.9 Å². The molecule has 2 amide bonds. The zero-order valence-corrected chi connectivity index (χ0v) is 24.8. The lowest BCUT2D eigenvalue weighted by molar-refractivity contribution is -0.123. The number of carbonyl (C=O) groups is 3. The number of halogens is 2. The fraction of sp³-hybridized carbons (Fsp3) is 0.375. The minimum atomic E-state index is -1.27. The molecule has 1 spiro atoms. The molecule has 1 aliphatic heterocycles. The number of amides is 2. The van der Waals surface area contributed by atoms with Crippen molar-refractivity contribution in [2.45, 2.75) is 44.9 Å². The summed E-state index contributed by atoms with van der Waals surface area (Å²) < 4.78 is 26.1. The van der Waals surface area contributed by atoms with Crippen LogP contribution < -0.4 is 15.4 Å². The molecule has 0 bridgehead atoms. The summed E-state index contributed by atoms with van der Waals surface area (Å²) >= 11 is 6.27. The van der Waals surface area contributed by atoms with Crippen molar-refractivity contribution in [3.05, 3.63) is 82.3 Å². The van der Waals surface area contributed by atoms with Crippen molar-refractivity contribution in [3.8, 4) is 5.75 Å². The van der Waals surface area contributed by atoms with Crippen LogP contribution in [0.2, 0.25) is 5.02 Å². The molecule has 4 atom stereocenters. The van der Waals surface area contributed by atoms with Gasteiger partial charge in [0, 0.05) is 35.3 Å². The number of benzene rings is 2. The van der Waals surface area contributed by atoms with E-state index in [1.54, 1.807) is 30.5 Å². The third-order valence-electron chi connectivity index (χ3n) is 8.32. The van der Waals surface area contributed by atoms with Gasteiger partial charge in [0.1, 0.15) is 22.9 Å². The van der Waals surface area contributed by atoms with Gasteiger partial charge in [-0.05, 0) is 54.0 Å². The van der Waals surface area contributed by atoms with Crippen molar-refractivity contribution >= 4 is 40.9 Å². The average molecular weight is 594 g/mol. The number of anilines is 2. The maximum Gasteiger partial charge on any atom is 0.341 e. The van der Waals surface area contributed by atoms with Crippen LogP contribution in [-0.4, -0.2) is 37.0 Å². The summed E-state index contributed by atoms with van der Waals surface area (Å²) in [7, 11) is 2.68. The first-order chi connectivity index (χ1) is 19.9. The molecule has 1 aromatic heterocycles. The van der Waals surface area contributed by atoms with Crippen molar-refractivity contribution < 1.29 is 28.2 Å².